The molecule has 0 bridgehead atoms. The predicted molar refractivity (Wildman–Crippen MR) is 104 cm³/mol. The van der Waals surface area contributed by atoms with Crippen LogP contribution < -0.4 is 4.74 Å². The summed E-state index contributed by atoms with van der Waals surface area (Å²) in [5, 5.41) is 8.89. The summed E-state index contributed by atoms with van der Waals surface area (Å²) >= 11 is 0. The maximum absolute atomic E-state index is 6.22. The van der Waals surface area contributed by atoms with Gasteiger partial charge in [0, 0.05) is 44.9 Å². The molecule has 2 aromatic rings. The average molecular weight is 371 g/mol. The normalized spacial score (nSPS) is 21.0. The van der Waals surface area contributed by atoms with E-state index in [1.54, 1.807) is 0 Å². The van der Waals surface area contributed by atoms with Gasteiger partial charge in [0.1, 0.15) is 23.5 Å². The van der Waals surface area contributed by atoms with Gasteiger partial charge in [-0.3, -0.25) is 9.88 Å². The minimum Gasteiger partial charge on any atom is -0.489 e. The molecule has 27 heavy (non-hydrogen) atoms. The van der Waals surface area contributed by atoms with Crippen molar-refractivity contribution in [2.45, 2.75) is 50.8 Å². The first-order valence-electron chi connectivity index (χ1n) is 9.95. The Kier molecular flexibility index (Phi) is 5.41. The Morgan fingerprint density at radius 3 is 2.81 bits per heavy atom. The molecule has 0 N–H and O–H groups in total. The minimum atomic E-state index is 0.221. The van der Waals surface area contributed by atoms with Crippen molar-refractivity contribution in [3.05, 3.63) is 35.7 Å². The average Bonchev–Trinajstić information content (AvgIpc) is 3.15. The lowest BCUT2D eigenvalue weighted by Gasteiger charge is -2.24. The zero-order valence-corrected chi connectivity index (χ0v) is 16.6. The second-order valence-electron chi connectivity index (χ2n) is 8.15. The highest BCUT2D eigenvalue weighted by Crippen LogP contribution is 2.35. The molecule has 0 aromatic carbocycles. The molecule has 0 amide bonds. The van der Waals surface area contributed by atoms with Gasteiger partial charge in [0.2, 0.25) is 0 Å². The van der Waals surface area contributed by atoms with Crippen molar-refractivity contribution in [2.75, 3.05) is 27.2 Å². The first-order valence-corrected chi connectivity index (χ1v) is 9.95. The zero-order chi connectivity index (χ0) is 18.8. The van der Waals surface area contributed by atoms with Crippen molar-refractivity contribution < 1.29 is 4.74 Å². The van der Waals surface area contributed by atoms with Crippen molar-refractivity contribution in [3.8, 4) is 5.75 Å². The Morgan fingerprint density at radius 1 is 1.22 bits per heavy atom. The number of pyridine rings is 1. The number of ether oxygens (including phenoxy) is 1. The number of aromatic nitrogens is 4. The van der Waals surface area contributed by atoms with Gasteiger partial charge < -0.3 is 14.2 Å². The van der Waals surface area contributed by atoms with Crippen LogP contribution in [-0.2, 0) is 20.1 Å². The van der Waals surface area contributed by atoms with Crippen molar-refractivity contribution in [2.24, 2.45) is 7.05 Å². The lowest BCUT2D eigenvalue weighted by molar-refractivity contribution is 0.196. The molecule has 2 aliphatic rings. The van der Waals surface area contributed by atoms with Gasteiger partial charge in [-0.25, -0.2) is 0 Å². The molecular weight excluding hydrogens is 340 g/mol. The van der Waals surface area contributed by atoms with Crippen molar-refractivity contribution in [3.63, 3.8) is 0 Å². The highest BCUT2D eigenvalue weighted by Gasteiger charge is 2.28. The second-order valence-corrected chi connectivity index (χ2v) is 8.15. The van der Waals surface area contributed by atoms with E-state index < -0.39 is 0 Å². The van der Waals surface area contributed by atoms with E-state index >= 15 is 0 Å². The molecule has 1 atom stereocenters. The molecule has 1 aliphatic heterocycles. The summed E-state index contributed by atoms with van der Waals surface area (Å²) in [7, 11) is 6.20. The number of likely N-dealkylation sites (tertiary alicyclic amines) is 1. The van der Waals surface area contributed by atoms with E-state index in [-0.39, 0.29) is 6.10 Å². The molecule has 2 fully saturated rings. The summed E-state index contributed by atoms with van der Waals surface area (Å²) in [5.74, 6) is 3.76. The van der Waals surface area contributed by atoms with E-state index in [1.807, 2.05) is 26.4 Å². The molecule has 1 saturated heterocycles. The molecule has 1 aliphatic carbocycles. The molecule has 4 rings (SSSR count). The monoisotopic (exact) mass is 370 g/mol. The van der Waals surface area contributed by atoms with Crippen LogP contribution in [0, 0.1) is 0 Å². The standard InChI is InChI=1S/C20H30N6O/c1-24(2)12-16-11-17(7-9-21-16)27-18-8-10-26(13-18)14-19-22-23-20(25(19)3)15-5-4-6-15/h7,9,11,15,18H,4-6,8,10,12-14H2,1-3H3. The third-order valence-corrected chi connectivity index (χ3v) is 5.63. The fourth-order valence-electron chi connectivity index (χ4n) is 3.90. The van der Waals surface area contributed by atoms with Crippen LogP contribution in [0.4, 0.5) is 0 Å². The van der Waals surface area contributed by atoms with E-state index in [0.717, 1.165) is 55.7 Å². The van der Waals surface area contributed by atoms with Crippen LogP contribution in [-0.4, -0.2) is 62.8 Å². The van der Waals surface area contributed by atoms with E-state index in [2.05, 4.69) is 42.7 Å². The van der Waals surface area contributed by atoms with Crippen molar-refractivity contribution in [1.82, 2.24) is 29.5 Å². The molecule has 3 heterocycles. The summed E-state index contributed by atoms with van der Waals surface area (Å²) < 4.78 is 8.43. The molecule has 0 spiro atoms. The molecule has 146 valence electrons. The van der Waals surface area contributed by atoms with Crippen LogP contribution in [0.3, 0.4) is 0 Å². The molecule has 1 saturated carbocycles. The van der Waals surface area contributed by atoms with E-state index in [9.17, 15) is 0 Å². The third kappa shape index (κ3) is 4.30. The highest BCUT2D eigenvalue weighted by atomic mass is 16.5. The van der Waals surface area contributed by atoms with Gasteiger partial charge >= 0.3 is 0 Å². The summed E-state index contributed by atoms with van der Waals surface area (Å²) in [6.07, 6.45) is 6.93. The minimum absolute atomic E-state index is 0.221. The number of rotatable bonds is 7. The second kappa shape index (κ2) is 7.94. The summed E-state index contributed by atoms with van der Waals surface area (Å²) in [6, 6.07) is 4.01. The molecule has 0 radical (unpaired) electrons. The Labute approximate surface area is 161 Å². The van der Waals surface area contributed by atoms with Crippen molar-refractivity contribution >= 4 is 0 Å². The summed E-state index contributed by atoms with van der Waals surface area (Å²) in [5.41, 5.74) is 1.04. The molecular formula is C20H30N6O. The SMILES string of the molecule is CN(C)Cc1cc(OC2CCN(Cc3nnc(C4CCC4)n3C)C2)ccn1. The fraction of sp³-hybridized carbons (Fsp3) is 0.650. The van der Waals surface area contributed by atoms with Gasteiger partial charge in [-0.2, -0.15) is 0 Å². The lowest BCUT2D eigenvalue weighted by atomic mass is 9.85. The summed E-state index contributed by atoms with van der Waals surface area (Å²) in [4.78, 5) is 8.94. The first-order chi connectivity index (χ1) is 13.1. The van der Waals surface area contributed by atoms with E-state index in [1.165, 1.54) is 19.3 Å². The predicted octanol–water partition coefficient (Wildman–Crippen LogP) is 2.19. The van der Waals surface area contributed by atoms with Crippen LogP contribution in [0.15, 0.2) is 18.3 Å². The van der Waals surface area contributed by atoms with Gasteiger partial charge in [0.05, 0.1) is 12.2 Å². The zero-order valence-electron chi connectivity index (χ0n) is 16.6. The van der Waals surface area contributed by atoms with E-state index in [0.29, 0.717) is 5.92 Å². The van der Waals surface area contributed by atoms with Crippen LogP contribution in [0.5, 0.6) is 5.75 Å². The smallest absolute Gasteiger partial charge is 0.146 e. The molecule has 2 aromatic heterocycles. The van der Waals surface area contributed by atoms with Crippen LogP contribution >= 0.6 is 0 Å². The van der Waals surface area contributed by atoms with Gasteiger partial charge in [-0.05, 0) is 39.4 Å². The fourth-order valence-corrected chi connectivity index (χ4v) is 3.90. The summed E-state index contributed by atoms with van der Waals surface area (Å²) in [6.45, 7) is 3.63. The maximum Gasteiger partial charge on any atom is 0.146 e. The Balaban J connectivity index is 1.32. The van der Waals surface area contributed by atoms with Crippen molar-refractivity contribution in [1.29, 1.82) is 0 Å². The molecule has 1 unspecified atom stereocenters. The first kappa shape index (κ1) is 18.4. The van der Waals surface area contributed by atoms with Crippen LogP contribution in [0.1, 0.15) is 48.9 Å². The Bertz CT molecular complexity index is 770. The molecule has 7 heteroatoms. The van der Waals surface area contributed by atoms with Gasteiger partial charge in [0.15, 0.2) is 0 Å². The lowest BCUT2D eigenvalue weighted by Crippen LogP contribution is -2.26. The topological polar surface area (TPSA) is 59.3 Å². The number of hydrogen-bond acceptors (Lipinski definition) is 6. The van der Waals surface area contributed by atoms with E-state index in [4.69, 9.17) is 4.74 Å². The quantitative estimate of drug-likeness (QED) is 0.745. The Morgan fingerprint density at radius 2 is 2.07 bits per heavy atom. The van der Waals surface area contributed by atoms with Crippen LogP contribution in [0.25, 0.3) is 0 Å². The maximum atomic E-state index is 6.22. The Hall–Kier alpha value is -1.99. The molecule has 7 nitrogen and oxygen atoms in total. The number of nitrogens with zero attached hydrogens (tertiary/aromatic N) is 6. The third-order valence-electron chi connectivity index (χ3n) is 5.63. The largest absolute Gasteiger partial charge is 0.489 e. The van der Waals surface area contributed by atoms with Gasteiger partial charge in [-0.1, -0.05) is 6.42 Å². The van der Waals surface area contributed by atoms with Crippen LogP contribution in [0.2, 0.25) is 0 Å². The van der Waals surface area contributed by atoms with Gasteiger partial charge in [-0.15, -0.1) is 10.2 Å². The van der Waals surface area contributed by atoms with Gasteiger partial charge in [0.25, 0.3) is 0 Å². The highest BCUT2D eigenvalue weighted by molar-refractivity contribution is 5.23. The number of hydrogen-bond donors (Lipinski definition) is 0.